The standard InChI is InChI=1S/C12H22ClN3O/c1-6-7-14-11(12(2,3)17-5)10-9(13)8-15-16(10)4/h8,11,14H,6-7H2,1-5H3. The van der Waals surface area contributed by atoms with Crippen LogP contribution in [0.4, 0.5) is 0 Å². The molecule has 0 radical (unpaired) electrons. The highest BCUT2D eigenvalue weighted by Gasteiger charge is 2.33. The fourth-order valence-electron chi connectivity index (χ4n) is 1.82. The van der Waals surface area contributed by atoms with Crippen molar-refractivity contribution >= 4 is 11.6 Å². The Balaban J connectivity index is 3.06. The van der Waals surface area contributed by atoms with Gasteiger partial charge >= 0.3 is 0 Å². The van der Waals surface area contributed by atoms with Gasteiger partial charge in [0.25, 0.3) is 0 Å². The highest BCUT2D eigenvalue weighted by Crippen LogP contribution is 2.32. The van der Waals surface area contributed by atoms with Crippen molar-refractivity contribution in [3.63, 3.8) is 0 Å². The van der Waals surface area contributed by atoms with Gasteiger partial charge in [0.1, 0.15) is 0 Å². The molecule has 0 fully saturated rings. The minimum atomic E-state index is -0.341. The minimum absolute atomic E-state index is 0.0208. The Morgan fingerprint density at radius 3 is 2.65 bits per heavy atom. The summed E-state index contributed by atoms with van der Waals surface area (Å²) in [6.45, 7) is 7.14. The van der Waals surface area contributed by atoms with Crippen molar-refractivity contribution in [3.8, 4) is 0 Å². The van der Waals surface area contributed by atoms with Gasteiger partial charge in [0.2, 0.25) is 0 Å². The first-order valence-corrected chi connectivity index (χ1v) is 6.27. The number of nitrogens with zero attached hydrogens (tertiary/aromatic N) is 2. The quantitative estimate of drug-likeness (QED) is 0.853. The third-order valence-electron chi connectivity index (χ3n) is 3.03. The second kappa shape index (κ2) is 5.85. The average molecular weight is 260 g/mol. The van der Waals surface area contributed by atoms with Crippen LogP contribution in [0.25, 0.3) is 0 Å². The van der Waals surface area contributed by atoms with Crippen molar-refractivity contribution < 1.29 is 4.74 Å². The second-order valence-corrected chi connectivity index (χ2v) is 5.10. The van der Waals surface area contributed by atoms with Gasteiger partial charge in [-0.1, -0.05) is 18.5 Å². The molecule has 1 rings (SSSR count). The molecule has 0 aliphatic rings. The molecule has 5 heteroatoms. The molecule has 0 saturated carbocycles. The monoisotopic (exact) mass is 259 g/mol. The first kappa shape index (κ1) is 14.5. The van der Waals surface area contributed by atoms with Crippen LogP contribution in [0.15, 0.2) is 6.20 Å². The van der Waals surface area contributed by atoms with Gasteiger partial charge in [-0.05, 0) is 26.8 Å². The first-order chi connectivity index (χ1) is 7.94. The van der Waals surface area contributed by atoms with Crippen LogP contribution in [0.5, 0.6) is 0 Å². The summed E-state index contributed by atoms with van der Waals surface area (Å²) in [7, 11) is 3.61. The number of hydrogen-bond acceptors (Lipinski definition) is 3. The molecule has 1 atom stereocenters. The number of hydrogen-bond donors (Lipinski definition) is 1. The molecule has 1 aromatic rings. The SMILES string of the molecule is CCCNC(c1c(Cl)cnn1C)C(C)(C)OC. The van der Waals surface area contributed by atoms with E-state index in [1.54, 1.807) is 18.0 Å². The topological polar surface area (TPSA) is 39.1 Å². The molecule has 1 unspecified atom stereocenters. The van der Waals surface area contributed by atoms with Gasteiger partial charge in [-0.25, -0.2) is 0 Å². The van der Waals surface area contributed by atoms with Crippen LogP contribution in [-0.2, 0) is 11.8 Å². The summed E-state index contributed by atoms with van der Waals surface area (Å²) in [6.07, 6.45) is 2.73. The van der Waals surface area contributed by atoms with E-state index in [1.807, 2.05) is 20.9 Å². The first-order valence-electron chi connectivity index (χ1n) is 5.90. The molecule has 0 bridgehead atoms. The van der Waals surface area contributed by atoms with Gasteiger partial charge < -0.3 is 10.1 Å². The molecular weight excluding hydrogens is 238 g/mol. The zero-order valence-electron chi connectivity index (χ0n) is 11.2. The number of halogens is 1. The van der Waals surface area contributed by atoms with Gasteiger partial charge in [-0.3, -0.25) is 4.68 Å². The third-order valence-corrected chi connectivity index (χ3v) is 3.32. The number of aromatic nitrogens is 2. The predicted octanol–water partition coefficient (Wildman–Crippen LogP) is 2.54. The maximum atomic E-state index is 6.20. The van der Waals surface area contributed by atoms with Gasteiger partial charge in [0.15, 0.2) is 0 Å². The van der Waals surface area contributed by atoms with Gasteiger partial charge in [-0.15, -0.1) is 0 Å². The van der Waals surface area contributed by atoms with E-state index < -0.39 is 0 Å². The lowest BCUT2D eigenvalue weighted by atomic mass is 9.95. The van der Waals surface area contributed by atoms with Crippen molar-refractivity contribution in [2.45, 2.75) is 38.8 Å². The molecule has 0 aliphatic heterocycles. The van der Waals surface area contributed by atoms with Crippen LogP contribution < -0.4 is 5.32 Å². The number of aryl methyl sites for hydroxylation is 1. The second-order valence-electron chi connectivity index (χ2n) is 4.70. The zero-order valence-corrected chi connectivity index (χ0v) is 12.0. The highest BCUT2D eigenvalue weighted by atomic mass is 35.5. The Bertz CT molecular complexity index is 343. The van der Waals surface area contributed by atoms with E-state index in [4.69, 9.17) is 16.3 Å². The summed E-state index contributed by atoms with van der Waals surface area (Å²) in [6, 6.07) is 0.0208. The summed E-state index contributed by atoms with van der Waals surface area (Å²) in [5.41, 5.74) is 0.624. The molecule has 1 heterocycles. The Morgan fingerprint density at radius 2 is 2.24 bits per heavy atom. The minimum Gasteiger partial charge on any atom is -0.377 e. The molecule has 0 aliphatic carbocycles. The summed E-state index contributed by atoms with van der Waals surface area (Å²) < 4.78 is 7.37. The van der Waals surface area contributed by atoms with Gasteiger partial charge in [-0.2, -0.15) is 5.10 Å². The summed E-state index contributed by atoms with van der Waals surface area (Å²) in [5, 5.41) is 8.33. The van der Waals surface area contributed by atoms with E-state index in [2.05, 4.69) is 17.3 Å². The Kier molecular flexibility index (Phi) is 4.98. The molecule has 4 nitrogen and oxygen atoms in total. The lowest BCUT2D eigenvalue weighted by molar-refractivity contribution is -0.0132. The summed E-state index contributed by atoms with van der Waals surface area (Å²) in [4.78, 5) is 0. The van der Waals surface area contributed by atoms with E-state index >= 15 is 0 Å². The number of methoxy groups -OCH3 is 1. The molecule has 0 aromatic carbocycles. The third kappa shape index (κ3) is 3.21. The molecular formula is C12H22ClN3O. The van der Waals surface area contributed by atoms with E-state index in [1.165, 1.54) is 0 Å². The molecule has 0 amide bonds. The fraction of sp³-hybridized carbons (Fsp3) is 0.750. The smallest absolute Gasteiger partial charge is 0.0835 e. The fourth-order valence-corrected chi connectivity index (χ4v) is 2.10. The lowest BCUT2D eigenvalue weighted by Gasteiger charge is -2.34. The van der Waals surface area contributed by atoms with E-state index in [9.17, 15) is 0 Å². The molecule has 1 N–H and O–H groups in total. The zero-order chi connectivity index (χ0) is 13.1. The molecule has 98 valence electrons. The molecule has 1 aromatic heterocycles. The largest absolute Gasteiger partial charge is 0.377 e. The van der Waals surface area contributed by atoms with Crippen LogP contribution in [-0.4, -0.2) is 29.0 Å². The van der Waals surface area contributed by atoms with Crippen LogP contribution >= 0.6 is 11.6 Å². The van der Waals surface area contributed by atoms with E-state index in [-0.39, 0.29) is 11.6 Å². The maximum Gasteiger partial charge on any atom is 0.0835 e. The summed E-state index contributed by atoms with van der Waals surface area (Å²) >= 11 is 6.20. The van der Waals surface area contributed by atoms with E-state index in [0.29, 0.717) is 5.02 Å². The number of rotatable bonds is 6. The molecule has 0 spiro atoms. The highest BCUT2D eigenvalue weighted by molar-refractivity contribution is 6.31. The normalized spacial score (nSPS) is 14.0. The number of nitrogens with one attached hydrogen (secondary N) is 1. The number of ether oxygens (including phenoxy) is 1. The van der Waals surface area contributed by atoms with Crippen LogP contribution in [0.1, 0.15) is 38.9 Å². The molecule has 17 heavy (non-hydrogen) atoms. The maximum absolute atomic E-state index is 6.20. The Hall–Kier alpha value is -0.580. The van der Waals surface area contributed by atoms with E-state index in [0.717, 1.165) is 18.7 Å². The van der Waals surface area contributed by atoms with Crippen molar-refractivity contribution in [2.24, 2.45) is 7.05 Å². The summed E-state index contributed by atoms with van der Waals surface area (Å²) in [5.74, 6) is 0. The van der Waals surface area contributed by atoms with Gasteiger partial charge in [0, 0.05) is 14.2 Å². The lowest BCUT2D eigenvalue weighted by Crippen LogP contribution is -2.42. The van der Waals surface area contributed by atoms with Crippen molar-refractivity contribution in [3.05, 3.63) is 16.9 Å². The van der Waals surface area contributed by atoms with Crippen LogP contribution in [0.2, 0.25) is 5.02 Å². The Morgan fingerprint density at radius 1 is 1.59 bits per heavy atom. The van der Waals surface area contributed by atoms with Crippen molar-refractivity contribution in [1.82, 2.24) is 15.1 Å². The van der Waals surface area contributed by atoms with Crippen molar-refractivity contribution in [2.75, 3.05) is 13.7 Å². The van der Waals surface area contributed by atoms with Crippen LogP contribution in [0.3, 0.4) is 0 Å². The predicted molar refractivity (Wildman–Crippen MR) is 70.3 cm³/mol. The molecule has 0 saturated heterocycles. The van der Waals surface area contributed by atoms with Crippen molar-refractivity contribution in [1.29, 1.82) is 0 Å². The van der Waals surface area contributed by atoms with Gasteiger partial charge in [0.05, 0.1) is 28.6 Å². The Labute approximate surface area is 108 Å². The average Bonchev–Trinajstić information content (AvgIpc) is 2.61. The van der Waals surface area contributed by atoms with Crippen LogP contribution in [0, 0.1) is 0 Å².